The van der Waals surface area contributed by atoms with Crippen LogP contribution in [0.1, 0.15) is 29.9 Å². The van der Waals surface area contributed by atoms with Crippen LogP contribution in [0.15, 0.2) is 36.5 Å². The Morgan fingerprint density at radius 3 is 2.36 bits per heavy atom. The summed E-state index contributed by atoms with van der Waals surface area (Å²) in [5, 5.41) is 13.5. The number of rotatable bonds is 4. The van der Waals surface area contributed by atoms with E-state index in [1.807, 2.05) is 30.3 Å². The minimum atomic E-state index is -1.29. The van der Waals surface area contributed by atoms with Gasteiger partial charge in [-0.25, -0.2) is 9.48 Å². The SMILES string of the molecule is Cc1c(C(=O)N(C)C(C)(C)C(=O)O)cnn1-c1ccccc1. The molecule has 0 spiro atoms. The van der Waals surface area contributed by atoms with Crippen LogP contribution in [-0.4, -0.2) is 44.3 Å². The fraction of sp³-hybridized carbons (Fsp3) is 0.312. The fourth-order valence-corrected chi connectivity index (χ4v) is 2.03. The molecule has 0 fully saturated rings. The maximum absolute atomic E-state index is 12.6. The van der Waals surface area contributed by atoms with E-state index in [4.69, 9.17) is 0 Å². The van der Waals surface area contributed by atoms with Crippen LogP contribution in [0.25, 0.3) is 5.69 Å². The number of hydrogen-bond acceptors (Lipinski definition) is 3. The van der Waals surface area contributed by atoms with Gasteiger partial charge in [-0.05, 0) is 32.9 Å². The molecule has 0 bridgehead atoms. The van der Waals surface area contributed by atoms with E-state index in [0.717, 1.165) is 5.69 Å². The number of likely N-dealkylation sites (N-methyl/N-ethyl adjacent to an activating group) is 1. The number of carboxylic acid groups (broad SMARTS) is 1. The maximum atomic E-state index is 12.6. The molecule has 2 aromatic rings. The summed E-state index contributed by atoms with van der Waals surface area (Å²) >= 11 is 0. The van der Waals surface area contributed by atoms with Crippen molar-refractivity contribution >= 4 is 11.9 Å². The Hall–Kier alpha value is -2.63. The van der Waals surface area contributed by atoms with Gasteiger partial charge < -0.3 is 10.0 Å². The highest BCUT2D eigenvalue weighted by molar-refractivity contribution is 5.98. The molecule has 0 saturated heterocycles. The highest BCUT2D eigenvalue weighted by Crippen LogP contribution is 2.20. The number of hydrogen-bond donors (Lipinski definition) is 1. The lowest BCUT2D eigenvalue weighted by atomic mass is 10.0. The summed E-state index contributed by atoms with van der Waals surface area (Å²) < 4.78 is 1.66. The van der Waals surface area contributed by atoms with Crippen molar-refractivity contribution in [2.24, 2.45) is 0 Å². The summed E-state index contributed by atoms with van der Waals surface area (Å²) in [6.07, 6.45) is 1.47. The van der Waals surface area contributed by atoms with Crippen molar-refractivity contribution in [3.05, 3.63) is 47.8 Å². The predicted molar refractivity (Wildman–Crippen MR) is 82.1 cm³/mol. The van der Waals surface area contributed by atoms with Crippen LogP contribution in [0.2, 0.25) is 0 Å². The average molecular weight is 301 g/mol. The molecule has 6 nitrogen and oxygen atoms in total. The Morgan fingerprint density at radius 1 is 1.23 bits per heavy atom. The van der Waals surface area contributed by atoms with Gasteiger partial charge in [-0.1, -0.05) is 18.2 Å². The van der Waals surface area contributed by atoms with Gasteiger partial charge in [0.25, 0.3) is 5.91 Å². The van der Waals surface area contributed by atoms with Crippen LogP contribution in [-0.2, 0) is 4.79 Å². The smallest absolute Gasteiger partial charge is 0.329 e. The zero-order valence-electron chi connectivity index (χ0n) is 13.1. The largest absolute Gasteiger partial charge is 0.480 e. The number of benzene rings is 1. The molecule has 22 heavy (non-hydrogen) atoms. The molecule has 1 heterocycles. The third-order valence-corrected chi connectivity index (χ3v) is 3.91. The number of carboxylic acids is 1. The second-order valence-corrected chi connectivity index (χ2v) is 5.62. The highest BCUT2D eigenvalue weighted by Gasteiger charge is 2.36. The molecular formula is C16H19N3O3. The van der Waals surface area contributed by atoms with E-state index in [2.05, 4.69) is 5.10 Å². The first kappa shape index (κ1) is 15.8. The first-order chi connectivity index (χ1) is 10.3. The molecular weight excluding hydrogens is 282 g/mol. The van der Waals surface area contributed by atoms with Gasteiger partial charge in [0, 0.05) is 7.05 Å². The Bertz CT molecular complexity index is 705. The summed E-state index contributed by atoms with van der Waals surface area (Å²) in [6.45, 7) is 4.77. The van der Waals surface area contributed by atoms with Gasteiger partial charge in [0.1, 0.15) is 5.54 Å². The van der Waals surface area contributed by atoms with Crippen LogP contribution in [0.5, 0.6) is 0 Å². The van der Waals surface area contributed by atoms with Gasteiger partial charge in [0.2, 0.25) is 0 Å². The Kier molecular flexibility index (Phi) is 4.03. The van der Waals surface area contributed by atoms with Gasteiger partial charge in [0.15, 0.2) is 0 Å². The lowest BCUT2D eigenvalue weighted by Gasteiger charge is -2.31. The summed E-state index contributed by atoms with van der Waals surface area (Å²) in [5.41, 5.74) is 0.613. The van der Waals surface area contributed by atoms with Crippen molar-refractivity contribution in [3.63, 3.8) is 0 Å². The van der Waals surface area contributed by atoms with E-state index in [1.54, 1.807) is 11.6 Å². The minimum Gasteiger partial charge on any atom is -0.480 e. The lowest BCUT2D eigenvalue weighted by molar-refractivity contribution is -0.147. The van der Waals surface area contributed by atoms with Crippen LogP contribution < -0.4 is 0 Å². The minimum absolute atomic E-state index is 0.368. The molecule has 0 saturated carbocycles. The summed E-state index contributed by atoms with van der Waals surface area (Å²) in [7, 11) is 1.48. The number of nitrogens with zero attached hydrogens (tertiary/aromatic N) is 3. The van der Waals surface area contributed by atoms with Gasteiger partial charge >= 0.3 is 5.97 Å². The van der Waals surface area contributed by atoms with Crippen LogP contribution in [0.4, 0.5) is 0 Å². The van der Waals surface area contributed by atoms with Crippen LogP contribution >= 0.6 is 0 Å². The number of aliphatic carboxylic acids is 1. The Morgan fingerprint density at radius 2 is 1.82 bits per heavy atom. The molecule has 1 aromatic carbocycles. The number of carbonyl (C=O) groups excluding carboxylic acids is 1. The first-order valence-electron chi connectivity index (χ1n) is 6.88. The molecule has 0 unspecified atom stereocenters. The predicted octanol–water partition coefficient (Wildman–Crippen LogP) is 2.12. The Balaban J connectivity index is 2.37. The number of carbonyl (C=O) groups is 2. The highest BCUT2D eigenvalue weighted by atomic mass is 16.4. The zero-order chi connectivity index (χ0) is 16.5. The normalized spacial score (nSPS) is 11.3. The molecule has 0 aliphatic rings. The molecule has 1 aromatic heterocycles. The van der Waals surface area contributed by atoms with Gasteiger partial charge in [-0.15, -0.1) is 0 Å². The second-order valence-electron chi connectivity index (χ2n) is 5.62. The lowest BCUT2D eigenvalue weighted by Crippen LogP contribution is -2.50. The van der Waals surface area contributed by atoms with E-state index in [0.29, 0.717) is 11.3 Å². The van der Waals surface area contributed by atoms with Crippen molar-refractivity contribution < 1.29 is 14.7 Å². The molecule has 2 rings (SSSR count). The van der Waals surface area contributed by atoms with Crippen molar-refractivity contribution in [2.75, 3.05) is 7.05 Å². The molecule has 1 N–H and O–H groups in total. The molecule has 0 aliphatic carbocycles. The zero-order valence-corrected chi connectivity index (χ0v) is 13.1. The summed E-state index contributed by atoms with van der Waals surface area (Å²) in [4.78, 5) is 25.1. The van der Waals surface area contributed by atoms with Crippen molar-refractivity contribution in [2.45, 2.75) is 26.3 Å². The standard InChI is InChI=1S/C16H19N3O3/c1-11-13(14(20)18(4)16(2,3)15(21)22)10-17-19(11)12-8-6-5-7-9-12/h5-10H,1-4H3,(H,21,22). The van der Waals surface area contributed by atoms with E-state index in [1.165, 1.54) is 32.0 Å². The Labute approximate surface area is 129 Å². The third kappa shape index (κ3) is 2.59. The van der Waals surface area contributed by atoms with E-state index < -0.39 is 11.5 Å². The van der Waals surface area contributed by atoms with Gasteiger partial charge in [0.05, 0.1) is 23.1 Å². The molecule has 116 valence electrons. The van der Waals surface area contributed by atoms with Crippen molar-refractivity contribution in [1.29, 1.82) is 0 Å². The monoisotopic (exact) mass is 301 g/mol. The number of aromatic nitrogens is 2. The quantitative estimate of drug-likeness (QED) is 0.938. The second kappa shape index (κ2) is 5.63. The van der Waals surface area contributed by atoms with E-state index in [-0.39, 0.29) is 5.91 Å². The molecule has 6 heteroatoms. The first-order valence-corrected chi connectivity index (χ1v) is 6.88. The van der Waals surface area contributed by atoms with Crippen molar-refractivity contribution in [1.82, 2.24) is 14.7 Å². The van der Waals surface area contributed by atoms with Gasteiger partial charge in [-0.2, -0.15) is 5.10 Å². The topological polar surface area (TPSA) is 75.4 Å². The average Bonchev–Trinajstić information content (AvgIpc) is 2.88. The number of amides is 1. The summed E-state index contributed by atoms with van der Waals surface area (Å²) in [6, 6.07) is 9.45. The maximum Gasteiger partial charge on any atom is 0.329 e. The van der Waals surface area contributed by atoms with Crippen LogP contribution in [0, 0.1) is 6.92 Å². The van der Waals surface area contributed by atoms with Gasteiger partial charge in [-0.3, -0.25) is 4.79 Å². The molecule has 1 amide bonds. The third-order valence-electron chi connectivity index (χ3n) is 3.91. The molecule has 0 aliphatic heterocycles. The molecule has 0 atom stereocenters. The van der Waals surface area contributed by atoms with E-state index in [9.17, 15) is 14.7 Å². The van der Waals surface area contributed by atoms with E-state index >= 15 is 0 Å². The van der Waals surface area contributed by atoms with Crippen LogP contribution in [0.3, 0.4) is 0 Å². The fourth-order valence-electron chi connectivity index (χ4n) is 2.03. The van der Waals surface area contributed by atoms with Crippen molar-refractivity contribution in [3.8, 4) is 5.69 Å². The number of para-hydroxylation sites is 1. The molecule has 0 radical (unpaired) electrons. The summed E-state index contributed by atoms with van der Waals surface area (Å²) in [5.74, 6) is -1.43.